The van der Waals surface area contributed by atoms with Crippen molar-refractivity contribution in [2.24, 2.45) is 4.99 Å². The van der Waals surface area contributed by atoms with E-state index in [4.69, 9.17) is 9.47 Å². The highest BCUT2D eigenvalue weighted by atomic mass is 127. The summed E-state index contributed by atoms with van der Waals surface area (Å²) < 4.78 is 11.7. The Labute approximate surface area is 199 Å². The number of benzene rings is 1. The zero-order valence-corrected chi connectivity index (χ0v) is 21.1. The number of likely N-dealkylation sites (tertiary alicyclic amines) is 1. The van der Waals surface area contributed by atoms with Crippen LogP contribution in [0.25, 0.3) is 0 Å². The van der Waals surface area contributed by atoms with Gasteiger partial charge < -0.3 is 25.0 Å². The third-order valence-corrected chi connectivity index (χ3v) is 5.98. The third kappa shape index (κ3) is 7.48. The van der Waals surface area contributed by atoms with Gasteiger partial charge in [-0.25, -0.2) is 0 Å². The number of hydrogen-bond donors (Lipinski definition) is 2. The van der Waals surface area contributed by atoms with E-state index in [0.29, 0.717) is 18.7 Å². The summed E-state index contributed by atoms with van der Waals surface area (Å²) in [6.07, 6.45) is 8.72. The number of nitrogens with zero attached hydrogens (tertiary/aromatic N) is 2. The fourth-order valence-corrected chi connectivity index (χ4v) is 4.30. The van der Waals surface area contributed by atoms with Gasteiger partial charge in [0.2, 0.25) is 0 Å². The highest BCUT2D eigenvalue weighted by Gasteiger charge is 2.20. The van der Waals surface area contributed by atoms with Gasteiger partial charge in [-0.15, -0.1) is 24.0 Å². The number of aliphatic imine (C=N–C) groups is 1. The van der Waals surface area contributed by atoms with E-state index in [9.17, 15) is 0 Å². The lowest BCUT2D eigenvalue weighted by Gasteiger charge is -2.32. The van der Waals surface area contributed by atoms with Crippen molar-refractivity contribution in [3.8, 4) is 11.5 Å². The molecule has 1 aliphatic heterocycles. The summed E-state index contributed by atoms with van der Waals surface area (Å²) in [5.74, 6) is 2.52. The van der Waals surface area contributed by atoms with Crippen LogP contribution in [-0.4, -0.2) is 56.8 Å². The molecule has 0 amide bonds. The summed E-state index contributed by atoms with van der Waals surface area (Å²) in [5, 5.41) is 7.03. The van der Waals surface area contributed by atoms with Crippen LogP contribution in [0.2, 0.25) is 0 Å². The fraction of sp³-hybridized carbons (Fsp3) is 0.696. The quantitative estimate of drug-likeness (QED) is 0.300. The summed E-state index contributed by atoms with van der Waals surface area (Å²) >= 11 is 0. The number of nitrogens with one attached hydrogen (secondary N) is 2. The molecule has 0 atom stereocenters. The largest absolute Gasteiger partial charge is 0.493 e. The summed E-state index contributed by atoms with van der Waals surface area (Å²) in [5.41, 5.74) is 1.15. The first-order valence-corrected chi connectivity index (χ1v) is 11.2. The summed E-state index contributed by atoms with van der Waals surface area (Å²) in [6, 6.07) is 6.70. The lowest BCUT2D eigenvalue weighted by molar-refractivity contribution is 0.200. The van der Waals surface area contributed by atoms with Crippen LogP contribution >= 0.6 is 24.0 Å². The maximum atomic E-state index is 6.14. The van der Waals surface area contributed by atoms with Gasteiger partial charge in [0.1, 0.15) is 0 Å². The molecule has 1 saturated heterocycles. The van der Waals surface area contributed by atoms with E-state index in [1.54, 1.807) is 7.11 Å². The molecular weight excluding hydrogens is 491 g/mol. The van der Waals surface area contributed by atoms with Gasteiger partial charge in [-0.1, -0.05) is 13.0 Å². The van der Waals surface area contributed by atoms with E-state index in [1.165, 1.54) is 51.7 Å². The zero-order chi connectivity index (χ0) is 20.5. The number of rotatable bonds is 8. The molecule has 0 bridgehead atoms. The topological polar surface area (TPSA) is 58.1 Å². The summed E-state index contributed by atoms with van der Waals surface area (Å²) in [4.78, 5) is 6.96. The average molecular weight is 530 g/mol. The zero-order valence-electron chi connectivity index (χ0n) is 18.8. The van der Waals surface area contributed by atoms with Crippen LogP contribution in [0.1, 0.15) is 57.4 Å². The molecule has 2 aliphatic rings. The third-order valence-electron chi connectivity index (χ3n) is 5.98. The molecule has 1 saturated carbocycles. The SMILES string of the molecule is CCCN1CCC(NC(=NC)NCc2ccc(OC3CCCC3)c(OC)c2)CC1.I. The van der Waals surface area contributed by atoms with Gasteiger partial charge in [-0.05, 0) is 69.2 Å². The molecule has 6 nitrogen and oxygen atoms in total. The molecule has 0 aromatic heterocycles. The molecular formula is C23H39IN4O2. The minimum absolute atomic E-state index is 0. The van der Waals surface area contributed by atoms with E-state index in [2.05, 4.69) is 39.6 Å². The Kier molecular flexibility index (Phi) is 11.1. The maximum Gasteiger partial charge on any atom is 0.191 e. The van der Waals surface area contributed by atoms with Crippen molar-refractivity contribution in [1.29, 1.82) is 0 Å². The monoisotopic (exact) mass is 530 g/mol. The molecule has 1 aromatic rings. The molecule has 2 fully saturated rings. The van der Waals surface area contributed by atoms with E-state index < -0.39 is 0 Å². The highest BCUT2D eigenvalue weighted by Crippen LogP contribution is 2.32. The molecule has 1 heterocycles. The number of hydrogen-bond acceptors (Lipinski definition) is 4. The van der Waals surface area contributed by atoms with Crippen molar-refractivity contribution in [1.82, 2.24) is 15.5 Å². The molecule has 1 aromatic carbocycles. The average Bonchev–Trinajstić information content (AvgIpc) is 3.26. The van der Waals surface area contributed by atoms with E-state index >= 15 is 0 Å². The van der Waals surface area contributed by atoms with Crippen molar-refractivity contribution in [2.45, 2.75) is 70.6 Å². The number of ether oxygens (including phenoxy) is 2. The predicted octanol–water partition coefficient (Wildman–Crippen LogP) is 4.17. The number of methoxy groups -OCH3 is 1. The number of guanidine groups is 1. The Hall–Kier alpha value is -1.22. The second-order valence-corrected chi connectivity index (χ2v) is 8.20. The first kappa shape index (κ1) is 25.0. The van der Waals surface area contributed by atoms with Crippen molar-refractivity contribution < 1.29 is 9.47 Å². The Morgan fingerprint density at radius 3 is 2.50 bits per heavy atom. The second kappa shape index (κ2) is 13.2. The first-order chi connectivity index (χ1) is 14.2. The molecule has 0 radical (unpaired) electrons. The highest BCUT2D eigenvalue weighted by molar-refractivity contribution is 14.0. The van der Waals surface area contributed by atoms with Gasteiger partial charge in [-0.3, -0.25) is 4.99 Å². The van der Waals surface area contributed by atoms with Gasteiger partial charge in [0.15, 0.2) is 17.5 Å². The van der Waals surface area contributed by atoms with Gasteiger partial charge >= 0.3 is 0 Å². The molecule has 0 unspecified atom stereocenters. The Morgan fingerprint density at radius 1 is 1.13 bits per heavy atom. The maximum absolute atomic E-state index is 6.14. The van der Waals surface area contributed by atoms with Gasteiger partial charge in [-0.2, -0.15) is 0 Å². The molecule has 0 spiro atoms. The number of halogens is 1. The normalized spacial score (nSPS) is 18.7. The van der Waals surface area contributed by atoms with Gasteiger partial charge in [0, 0.05) is 32.7 Å². The Balaban J connectivity index is 0.00000320. The molecule has 7 heteroatoms. The van der Waals surface area contributed by atoms with Crippen molar-refractivity contribution in [2.75, 3.05) is 33.8 Å². The van der Waals surface area contributed by atoms with Crippen molar-refractivity contribution >= 4 is 29.9 Å². The minimum Gasteiger partial charge on any atom is -0.493 e. The molecule has 2 N–H and O–H groups in total. The molecule has 170 valence electrons. The van der Waals surface area contributed by atoms with E-state index in [-0.39, 0.29) is 24.0 Å². The second-order valence-electron chi connectivity index (χ2n) is 8.20. The molecule has 1 aliphatic carbocycles. The van der Waals surface area contributed by atoms with Crippen LogP contribution in [-0.2, 0) is 6.54 Å². The molecule has 30 heavy (non-hydrogen) atoms. The smallest absolute Gasteiger partial charge is 0.191 e. The van der Waals surface area contributed by atoms with Crippen LogP contribution in [0.15, 0.2) is 23.2 Å². The molecule has 3 rings (SSSR count). The van der Waals surface area contributed by atoms with Crippen LogP contribution in [0, 0.1) is 0 Å². The fourth-order valence-electron chi connectivity index (χ4n) is 4.30. The van der Waals surface area contributed by atoms with Crippen LogP contribution in [0.5, 0.6) is 11.5 Å². The first-order valence-electron chi connectivity index (χ1n) is 11.2. The predicted molar refractivity (Wildman–Crippen MR) is 134 cm³/mol. The van der Waals surface area contributed by atoms with Crippen molar-refractivity contribution in [3.63, 3.8) is 0 Å². The summed E-state index contributed by atoms with van der Waals surface area (Å²) in [6.45, 7) is 6.50. The lowest BCUT2D eigenvalue weighted by atomic mass is 10.1. The van der Waals surface area contributed by atoms with Crippen LogP contribution < -0.4 is 20.1 Å². The number of piperidine rings is 1. The Bertz CT molecular complexity index is 657. The standard InChI is InChI=1S/C23H38N4O2.HI/c1-4-13-27-14-11-19(12-15-27)26-23(24-2)25-17-18-9-10-21(22(16-18)28-3)29-20-7-5-6-8-20;/h9-10,16,19-20H,4-8,11-15,17H2,1-3H3,(H2,24,25,26);1H. The minimum atomic E-state index is 0. The van der Waals surface area contributed by atoms with Crippen LogP contribution in [0.3, 0.4) is 0 Å². The van der Waals surface area contributed by atoms with Crippen LogP contribution in [0.4, 0.5) is 0 Å². The van der Waals surface area contributed by atoms with Gasteiger partial charge in [0.05, 0.1) is 13.2 Å². The van der Waals surface area contributed by atoms with Gasteiger partial charge in [0.25, 0.3) is 0 Å². The van der Waals surface area contributed by atoms with E-state index in [1.807, 2.05) is 13.1 Å². The summed E-state index contributed by atoms with van der Waals surface area (Å²) in [7, 11) is 3.54. The lowest BCUT2D eigenvalue weighted by Crippen LogP contribution is -2.48. The Morgan fingerprint density at radius 2 is 1.87 bits per heavy atom. The van der Waals surface area contributed by atoms with E-state index in [0.717, 1.165) is 35.9 Å². The van der Waals surface area contributed by atoms with Crippen molar-refractivity contribution in [3.05, 3.63) is 23.8 Å².